The second-order valence-electron chi connectivity index (χ2n) is 6.18. The van der Waals surface area contributed by atoms with Crippen LogP contribution in [0.1, 0.15) is 35.7 Å². The molecule has 26 heavy (non-hydrogen) atoms. The first-order valence-electron chi connectivity index (χ1n) is 8.32. The minimum atomic E-state index is -1.35. The lowest BCUT2D eigenvalue weighted by Crippen LogP contribution is -2.35. The Morgan fingerprint density at radius 3 is 2.58 bits per heavy atom. The van der Waals surface area contributed by atoms with Crippen molar-refractivity contribution in [3.63, 3.8) is 0 Å². The van der Waals surface area contributed by atoms with Crippen LogP contribution in [0.5, 0.6) is 11.5 Å². The molecule has 1 unspecified atom stereocenters. The number of aromatic hydroxyl groups is 1. The van der Waals surface area contributed by atoms with Crippen molar-refractivity contribution in [2.75, 3.05) is 7.11 Å². The van der Waals surface area contributed by atoms with Crippen molar-refractivity contribution >= 4 is 12.0 Å². The standard InChI is InChI=1S/C19H24O7/c1-11-5-3-7-14(20)18(23)15(21)8-4-6-12-9-13(25-2)10-16(22)17(12)19(24)26-11/h3-4,6-7,9-11,14-15,18,20-23H,5,8H2,1-2H3/t11-,14?,15-,18+/m0/s1. The third kappa shape index (κ3) is 4.85. The zero-order valence-electron chi connectivity index (χ0n) is 14.7. The van der Waals surface area contributed by atoms with Crippen LogP contribution in [-0.2, 0) is 4.74 Å². The first-order valence-corrected chi connectivity index (χ1v) is 8.32. The van der Waals surface area contributed by atoms with Gasteiger partial charge < -0.3 is 29.9 Å². The molecule has 4 N–H and O–H groups in total. The van der Waals surface area contributed by atoms with Crippen molar-refractivity contribution in [3.05, 3.63) is 41.5 Å². The van der Waals surface area contributed by atoms with E-state index >= 15 is 0 Å². The molecule has 1 heterocycles. The summed E-state index contributed by atoms with van der Waals surface area (Å²) in [6, 6.07) is 2.87. The van der Waals surface area contributed by atoms with Crippen molar-refractivity contribution in [2.24, 2.45) is 0 Å². The minimum Gasteiger partial charge on any atom is -0.507 e. The molecule has 0 fully saturated rings. The third-order valence-electron chi connectivity index (χ3n) is 4.09. The first-order chi connectivity index (χ1) is 12.3. The second kappa shape index (κ2) is 8.84. The fourth-order valence-electron chi connectivity index (χ4n) is 2.61. The van der Waals surface area contributed by atoms with Gasteiger partial charge in [-0.15, -0.1) is 0 Å². The van der Waals surface area contributed by atoms with Crippen LogP contribution in [0.2, 0.25) is 0 Å². The molecule has 4 atom stereocenters. The molecule has 1 aromatic rings. The summed E-state index contributed by atoms with van der Waals surface area (Å²) in [7, 11) is 1.43. The first kappa shape index (κ1) is 20.0. The van der Waals surface area contributed by atoms with Crippen LogP contribution in [0.4, 0.5) is 0 Å². The number of hydrogen-bond donors (Lipinski definition) is 4. The lowest BCUT2D eigenvalue weighted by atomic mass is 10.0. The summed E-state index contributed by atoms with van der Waals surface area (Å²) < 4.78 is 10.4. The Bertz CT molecular complexity index is 695. The lowest BCUT2D eigenvalue weighted by Gasteiger charge is -2.20. The Labute approximate surface area is 151 Å². The van der Waals surface area contributed by atoms with E-state index in [-0.39, 0.29) is 17.7 Å². The Hall–Kier alpha value is -2.35. The van der Waals surface area contributed by atoms with Crippen LogP contribution in [0.3, 0.4) is 0 Å². The van der Waals surface area contributed by atoms with Gasteiger partial charge in [0.05, 0.1) is 13.2 Å². The number of fused-ring (bicyclic) bond motifs is 1. The summed E-state index contributed by atoms with van der Waals surface area (Å²) >= 11 is 0. The normalized spacial score (nSPS) is 27.3. The number of benzene rings is 1. The SMILES string of the molecule is COc1cc(O)c2c(c1)C=CC[C@H](O)[C@H](O)C(O)C=CC[C@H](C)OC2=O. The van der Waals surface area contributed by atoms with Gasteiger partial charge in [0.1, 0.15) is 35.4 Å². The molecule has 0 bridgehead atoms. The molecule has 0 saturated heterocycles. The highest BCUT2D eigenvalue weighted by Crippen LogP contribution is 2.30. The van der Waals surface area contributed by atoms with Gasteiger partial charge in [-0.1, -0.05) is 24.3 Å². The average Bonchev–Trinajstić information content (AvgIpc) is 2.59. The average molecular weight is 364 g/mol. The van der Waals surface area contributed by atoms with E-state index < -0.39 is 30.4 Å². The quantitative estimate of drug-likeness (QED) is 0.439. The molecule has 0 aliphatic carbocycles. The van der Waals surface area contributed by atoms with E-state index in [2.05, 4.69) is 0 Å². The van der Waals surface area contributed by atoms with Gasteiger partial charge in [0.2, 0.25) is 0 Å². The largest absolute Gasteiger partial charge is 0.507 e. The van der Waals surface area contributed by atoms with Gasteiger partial charge in [0.25, 0.3) is 0 Å². The maximum Gasteiger partial charge on any atom is 0.342 e. The molecule has 7 nitrogen and oxygen atoms in total. The Kier molecular flexibility index (Phi) is 6.79. The molecule has 1 aliphatic rings. The highest BCUT2D eigenvalue weighted by Gasteiger charge is 2.23. The van der Waals surface area contributed by atoms with Crippen LogP contribution in [0, 0.1) is 0 Å². The highest BCUT2D eigenvalue weighted by atomic mass is 16.5. The fraction of sp³-hybridized carbons (Fsp3) is 0.421. The third-order valence-corrected chi connectivity index (χ3v) is 4.09. The van der Waals surface area contributed by atoms with Crippen LogP contribution in [-0.4, -0.2) is 57.9 Å². The van der Waals surface area contributed by atoms with Crippen molar-refractivity contribution in [1.82, 2.24) is 0 Å². The number of rotatable bonds is 1. The number of esters is 1. The maximum atomic E-state index is 12.5. The monoisotopic (exact) mass is 364 g/mol. The summed E-state index contributed by atoms with van der Waals surface area (Å²) in [4.78, 5) is 12.5. The van der Waals surface area contributed by atoms with Crippen molar-refractivity contribution in [2.45, 2.75) is 44.2 Å². The smallest absolute Gasteiger partial charge is 0.342 e. The van der Waals surface area contributed by atoms with Crippen LogP contribution in [0.15, 0.2) is 30.4 Å². The topological polar surface area (TPSA) is 116 Å². The molecule has 0 radical (unpaired) electrons. The van der Waals surface area contributed by atoms with E-state index in [0.29, 0.717) is 17.7 Å². The number of aliphatic hydroxyl groups is 3. The summed E-state index contributed by atoms with van der Waals surface area (Å²) in [6.45, 7) is 1.67. The molecule has 0 saturated carbocycles. The molecule has 0 aromatic heterocycles. The molecule has 0 spiro atoms. The summed E-state index contributed by atoms with van der Waals surface area (Å²) in [5.41, 5.74) is 0.346. The van der Waals surface area contributed by atoms with E-state index in [9.17, 15) is 25.2 Å². The van der Waals surface area contributed by atoms with E-state index in [1.54, 1.807) is 19.1 Å². The second-order valence-corrected chi connectivity index (χ2v) is 6.18. The number of ether oxygens (including phenoxy) is 2. The molecular weight excluding hydrogens is 340 g/mol. The Balaban J connectivity index is 2.44. The van der Waals surface area contributed by atoms with Gasteiger partial charge in [-0.25, -0.2) is 4.79 Å². The zero-order chi connectivity index (χ0) is 19.3. The van der Waals surface area contributed by atoms with Gasteiger partial charge in [-0.05, 0) is 25.0 Å². The van der Waals surface area contributed by atoms with Gasteiger partial charge in [-0.2, -0.15) is 0 Å². The van der Waals surface area contributed by atoms with Gasteiger partial charge in [0.15, 0.2) is 0 Å². The number of methoxy groups -OCH3 is 1. The van der Waals surface area contributed by atoms with Crippen molar-refractivity contribution in [1.29, 1.82) is 0 Å². The van der Waals surface area contributed by atoms with E-state index in [0.717, 1.165) is 0 Å². The molecule has 0 amide bonds. The molecular formula is C19H24O7. The molecule has 1 aliphatic heterocycles. The number of hydrogen-bond acceptors (Lipinski definition) is 7. The number of carbonyl (C=O) groups excluding carboxylic acids is 1. The predicted octanol–water partition coefficient (Wildman–Crippen LogP) is 1.39. The van der Waals surface area contributed by atoms with Crippen LogP contribution in [0.25, 0.3) is 6.08 Å². The number of aliphatic hydroxyl groups excluding tert-OH is 3. The predicted molar refractivity (Wildman–Crippen MR) is 95.0 cm³/mol. The van der Waals surface area contributed by atoms with Crippen molar-refractivity contribution in [3.8, 4) is 11.5 Å². The number of carbonyl (C=O) groups is 1. The highest BCUT2D eigenvalue weighted by molar-refractivity contribution is 5.97. The van der Waals surface area contributed by atoms with Crippen LogP contribution >= 0.6 is 0 Å². The zero-order valence-corrected chi connectivity index (χ0v) is 14.7. The Morgan fingerprint density at radius 1 is 1.15 bits per heavy atom. The van der Waals surface area contributed by atoms with E-state index in [4.69, 9.17) is 9.47 Å². The maximum absolute atomic E-state index is 12.5. The number of phenols is 1. The molecule has 142 valence electrons. The van der Waals surface area contributed by atoms with E-state index in [1.807, 2.05) is 0 Å². The molecule has 2 rings (SSSR count). The van der Waals surface area contributed by atoms with E-state index in [1.165, 1.54) is 31.4 Å². The fourth-order valence-corrected chi connectivity index (χ4v) is 2.61. The summed E-state index contributed by atoms with van der Waals surface area (Å²) in [5.74, 6) is -0.615. The summed E-state index contributed by atoms with van der Waals surface area (Å²) in [6.07, 6.45) is 2.00. The number of phenolic OH excluding ortho intramolecular Hbond substituents is 1. The Morgan fingerprint density at radius 2 is 1.88 bits per heavy atom. The summed E-state index contributed by atoms with van der Waals surface area (Å²) in [5, 5.41) is 40.0. The van der Waals surface area contributed by atoms with Gasteiger partial charge >= 0.3 is 5.97 Å². The molecule has 7 heteroatoms. The lowest BCUT2D eigenvalue weighted by molar-refractivity contribution is -0.0394. The molecule has 1 aromatic carbocycles. The van der Waals surface area contributed by atoms with Crippen molar-refractivity contribution < 1.29 is 34.7 Å². The van der Waals surface area contributed by atoms with Gasteiger partial charge in [-0.3, -0.25) is 0 Å². The van der Waals surface area contributed by atoms with Gasteiger partial charge in [0, 0.05) is 12.5 Å². The number of cyclic esters (lactones) is 1. The minimum absolute atomic E-state index is 0.00925. The van der Waals surface area contributed by atoms with Crippen LogP contribution < -0.4 is 4.74 Å².